The third kappa shape index (κ3) is 5.16. The molecule has 1 aromatic carbocycles. The summed E-state index contributed by atoms with van der Waals surface area (Å²) in [4.78, 5) is 0. The summed E-state index contributed by atoms with van der Waals surface area (Å²) in [6.07, 6.45) is 1.77. The first-order chi connectivity index (χ1) is 9.96. The zero-order chi connectivity index (χ0) is 15.3. The molecule has 1 N–H and O–H groups in total. The van der Waals surface area contributed by atoms with Crippen molar-refractivity contribution in [3.05, 3.63) is 47.9 Å². The molecule has 0 atom stereocenters. The standard InChI is InChI=1S/C17H23NO3/c1-17(2,3)18-10-13-9-16(20-11-13)12-21-15-7-5-14(19-4)6-8-15/h5-9,11,18H,10,12H2,1-4H3. The predicted octanol–water partition coefficient (Wildman–Crippen LogP) is 3.76. The van der Waals surface area contributed by atoms with Crippen LogP contribution in [0.1, 0.15) is 32.1 Å². The minimum absolute atomic E-state index is 0.0943. The van der Waals surface area contributed by atoms with Crippen molar-refractivity contribution in [1.29, 1.82) is 0 Å². The van der Waals surface area contributed by atoms with Crippen molar-refractivity contribution in [2.45, 2.75) is 39.5 Å². The topological polar surface area (TPSA) is 43.6 Å². The van der Waals surface area contributed by atoms with Gasteiger partial charge in [0.2, 0.25) is 0 Å². The summed E-state index contributed by atoms with van der Waals surface area (Å²) >= 11 is 0. The number of furan rings is 1. The molecule has 0 aliphatic rings. The Morgan fingerprint density at radius 1 is 1.10 bits per heavy atom. The molecule has 4 heteroatoms. The monoisotopic (exact) mass is 289 g/mol. The zero-order valence-corrected chi connectivity index (χ0v) is 13.1. The molecule has 114 valence electrons. The van der Waals surface area contributed by atoms with Crippen LogP contribution in [-0.2, 0) is 13.2 Å². The van der Waals surface area contributed by atoms with Crippen LogP contribution in [0.3, 0.4) is 0 Å². The van der Waals surface area contributed by atoms with E-state index in [0.717, 1.165) is 29.4 Å². The van der Waals surface area contributed by atoms with Crippen molar-refractivity contribution < 1.29 is 13.9 Å². The third-order valence-corrected chi connectivity index (χ3v) is 2.97. The van der Waals surface area contributed by atoms with Gasteiger partial charge in [0.25, 0.3) is 0 Å². The average molecular weight is 289 g/mol. The van der Waals surface area contributed by atoms with Crippen LogP contribution in [0.2, 0.25) is 0 Å². The molecule has 0 aliphatic carbocycles. The maximum Gasteiger partial charge on any atom is 0.146 e. The summed E-state index contributed by atoms with van der Waals surface area (Å²) in [6, 6.07) is 9.52. The van der Waals surface area contributed by atoms with Gasteiger partial charge in [0.15, 0.2) is 0 Å². The minimum atomic E-state index is 0.0943. The van der Waals surface area contributed by atoms with Crippen molar-refractivity contribution in [3.8, 4) is 11.5 Å². The Balaban J connectivity index is 1.84. The summed E-state index contributed by atoms with van der Waals surface area (Å²) in [5, 5.41) is 3.42. The van der Waals surface area contributed by atoms with E-state index in [1.54, 1.807) is 13.4 Å². The largest absolute Gasteiger partial charge is 0.497 e. The molecule has 0 aliphatic heterocycles. The minimum Gasteiger partial charge on any atom is -0.497 e. The quantitative estimate of drug-likeness (QED) is 0.879. The summed E-state index contributed by atoms with van der Waals surface area (Å²) in [5.41, 5.74) is 1.22. The van der Waals surface area contributed by atoms with Gasteiger partial charge in [-0.1, -0.05) is 0 Å². The highest BCUT2D eigenvalue weighted by molar-refractivity contribution is 5.31. The van der Waals surface area contributed by atoms with E-state index in [0.29, 0.717) is 6.61 Å². The number of methoxy groups -OCH3 is 1. The lowest BCUT2D eigenvalue weighted by Crippen LogP contribution is -2.34. The van der Waals surface area contributed by atoms with Crippen LogP contribution in [0.5, 0.6) is 11.5 Å². The number of hydrogen-bond acceptors (Lipinski definition) is 4. The second-order valence-corrected chi connectivity index (χ2v) is 5.99. The molecule has 2 rings (SSSR count). The van der Waals surface area contributed by atoms with Gasteiger partial charge >= 0.3 is 0 Å². The number of nitrogens with one attached hydrogen (secondary N) is 1. The van der Waals surface area contributed by atoms with Crippen LogP contribution in [0.15, 0.2) is 41.0 Å². The lowest BCUT2D eigenvalue weighted by molar-refractivity contribution is 0.270. The molecule has 1 heterocycles. The molecule has 0 spiro atoms. The van der Waals surface area contributed by atoms with Crippen LogP contribution in [0, 0.1) is 0 Å². The van der Waals surface area contributed by atoms with E-state index in [1.165, 1.54) is 0 Å². The maximum atomic E-state index is 5.68. The predicted molar refractivity (Wildman–Crippen MR) is 82.6 cm³/mol. The van der Waals surface area contributed by atoms with Gasteiger partial charge in [-0.2, -0.15) is 0 Å². The number of hydrogen-bond donors (Lipinski definition) is 1. The van der Waals surface area contributed by atoms with E-state index >= 15 is 0 Å². The highest BCUT2D eigenvalue weighted by Gasteiger charge is 2.10. The molecule has 0 saturated heterocycles. The van der Waals surface area contributed by atoms with Crippen molar-refractivity contribution in [1.82, 2.24) is 5.32 Å². The summed E-state index contributed by atoms with van der Waals surface area (Å²) in [6.45, 7) is 7.62. The summed E-state index contributed by atoms with van der Waals surface area (Å²) < 4.78 is 16.3. The molecule has 0 saturated carbocycles. The van der Waals surface area contributed by atoms with Gasteiger partial charge in [-0.15, -0.1) is 0 Å². The second-order valence-electron chi connectivity index (χ2n) is 5.99. The smallest absolute Gasteiger partial charge is 0.146 e. The van der Waals surface area contributed by atoms with Crippen LogP contribution in [-0.4, -0.2) is 12.6 Å². The van der Waals surface area contributed by atoms with Crippen molar-refractivity contribution >= 4 is 0 Å². The Morgan fingerprint density at radius 3 is 2.38 bits per heavy atom. The van der Waals surface area contributed by atoms with E-state index < -0.39 is 0 Å². The Bertz CT molecular complexity index is 552. The van der Waals surface area contributed by atoms with E-state index in [4.69, 9.17) is 13.9 Å². The van der Waals surface area contributed by atoms with Gasteiger partial charge in [-0.25, -0.2) is 0 Å². The fourth-order valence-corrected chi connectivity index (χ4v) is 1.79. The first-order valence-electron chi connectivity index (χ1n) is 7.04. The molecule has 4 nitrogen and oxygen atoms in total. The van der Waals surface area contributed by atoms with Crippen molar-refractivity contribution in [2.75, 3.05) is 7.11 Å². The van der Waals surface area contributed by atoms with Gasteiger partial charge in [0, 0.05) is 17.6 Å². The van der Waals surface area contributed by atoms with Crippen LogP contribution in [0.4, 0.5) is 0 Å². The lowest BCUT2D eigenvalue weighted by Gasteiger charge is -2.19. The molecule has 0 radical (unpaired) electrons. The van der Waals surface area contributed by atoms with E-state index in [-0.39, 0.29) is 5.54 Å². The van der Waals surface area contributed by atoms with E-state index in [2.05, 4.69) is 26.1 Å². The van der Waals surface area contributed by atoms with Crippen molar-refractivity contribution in [3.63, 3.8) is 0 Å². The maximum absolute atomic E-state index is 5.68. The van der Waals surface area contributed by atoms with Gasteiger partial charge in [0.05, 0.1) is 13.4 Å². The second kappa shape index (κ2) is 6.68. The number of ether oxygens (including phenoxy) is 2. The average Bonchev–Trinajstić information content (AvgIpc) is 2.91. The third-order valence-electron chi connectivity index (χ3n) is 2.97. The molecular formula is C17H23NO3. The molecule has 0 amide bonds. The Morgan fingerprint density at radius 2 is 1.76 bits per heavy atom. The van der Waals surface area contributed by atoms with E-state index in [9.17, 15) is 0 Å². The molecular weight excluding hydrogens is 266 g/mol. The molecule has 21 heavy (non-hydrogen) atoms. The first kappa shape index (κ1) is 15.4. The Hall–Kier alpha value is -1.94. The Labute approximate surface area is 126 Å². The molecule has 0 unspecified atom stereocenters. The van der Waals surface area contributed by atoms with Gasteiger partial charge in [0.1, 0.15) is 23.9 Å². The lowest BCUT2D eigenvalue weighted by atomic mass is 10.1. The summed E-state index contributed by atoms with van der Waals surface area (Å²) in [5.74, 6) is 2.42. The molecule has 2 aromatic rings. The van der Waals surface area contributed by atoms with Crippen molar-refractivity contribution in [2.24, 2.45) is 0 Å². The van der Waals surface area contributed by atoms with Gasteiger partial charge in [-0.3, -0.25) is 0 Å². The molecule has 0 fully saturated rings. The Kier molecular flexibility index (Phi) is 4.91. The van der Waals surface area contributed by atoms with Crippen LogP contribution in [0.25, 0.3) is 0 Å². The number of benzene rings is 1. The fraction of sp³-hybridized carbons (Fsp3) is 0.412. The van der Waals surface area contributed by atoms with E-state index in [1.807, 2.05) is 30.3 Å². The molecule has 0 bridgehead atoms. The van der Waals surface area contributed by atoms with Crippen LogP contribution < -0.4 is 14.8 Å². The number of rotatable bonds is 6. The highest BCUT2D eigenvalue weighted by Crippen LogP contribution is 2.19. The normalized spacial score (nSPS) is 11.4. The van der Waals surface area contributed by atoms with Gasteiger partial charge < -0.3 is 19.2 Å². The fourth-order valence-electron chi connectivity index (χ4n) is 1.79. The van der Waals surface area contributed by atoms with Gasteiger partial charge in [-0.05, 0) is 51.1 Å². The summed E-state index contributed by atoms with van der Waals surface area (Å²) in [7, 11) is 1.64. The van der Waals surface area contributed by atoms with Crippen LogP contribution >= 0.6 is 0 Å². The highest BCUT2D eigenvalue weighted by atomic mass is 16.5. The zero-order valence-electron chi connectivity index (χ0n) is 13.1. The molecule has 1 aromatic heterocycles. The first-order valence-corrected chi connectivity index (χ1v) is 7.04. The SMILES string of the molecule is COc1ccc(OCc2cc(CNC(C)(C)C)co2)cc1.